The van der Waals surface area contributed by atoms with Gasteiger partial charge in [0.1, 0.15) is 0 Å². The van der Waals surface area contributed by atoms with Gasteiger partial charge in [-0.25, -0.2) is 0 Å². The molecule has 0 aliphatic heterocycles. The summed E-state index contributed by atoms with van der Waals surface area (Å²) in [5.74, 6) is 1.77. The fourth-order valence-electron chi connectivity index (χ4n) is 5.53. The van der Waals surface area contributed by atoms with Gasteiger partial charge in [-0.15, -0.1) is 6.58 Å². The summed E-state index contributed by atoms with van der Waals surface area (Å²) < 4.78 is 0. The number of allylic oxidation sites excluding steroid dienone is 3. The third-order valence-corrected chi connectivity index (χ3v) is 6.49. The van der Waals surface area contributed by atoms with E-state index in [2.05, 4.69) is 43.0 Å². The smallest absolute Gasteiger partial charge is 0.0122 e. The highest BCUT2D eigenvalue weighted by Crippen LogP contribution is 2.60. The van der Waals surface area contributed by atoms with E-state index in [-0.39, 0.29) is 0 Å². The van der Waals surface area contributed by atoms with Gasteiger partial charge in [-0.05, 0) is 78.9 Å². The molecule has 1 fully saturated rings. The Labute approximate surface area is 129 Å². The first-order valence-corrected chi connectivity index (χ1v) is 8.73. The maximum absolute atomic E-state index is 3.95. The fourth-order valence-corrected chi connectivity index (χ4v) is 5.53. The lowest BCUT2D eigenvalue weighted by Gasteiger charge is -2.46. The zero-order valence-electron chi connectivity index (χ0n) is 13.0. The predicted molar refractivity (Wildman–Crippen MR) is 90.1 cm³/mol. The van der Waals surface area contributed by atoms with Crippen LogP contribution in [-0.4, -0.2) is 0 Å². The van der Waals surface area contributed by atoms with Crippen molar-refractivity contribution in [3.05, 3.63) is 54.1 Å². The van der Waals surface area contributed by atoms with Crippen LogP contribution in [0.2, 0.25) is 0 Å². The highest BCUT2D eigenvalue weighted by atomic mass is 14.5. The number of aryl methyl sites for hydroxylation is 1. The minimum Gasteiger partial charge on any atom is -0.103 e. The number of fused-ring (bicyclic) bond motifs is 5. The first-order valence-electron chi connectivity index (χ1n) is 8.73. The van der Waals surface area contributed by atoms with Gasteiger partial charge in [-0.1, -0.05) is 42.8 Å². The third-order valence-electron chi connectivity index (χ3n) is 6.49. The number of hydrogen-bond acceptors (Lipinski definition) is 0. The van der Waals surface area contributed by atoms with Crippen molar-refractivity contribution < 1.29 is 0 Å². The molecule has 3 atom stereocenters. The second-order valence-electron chi connectivity index (χ2n) is 7.35. The second-order valence-corrected chi connectivity index (χ2v) is 7.35. The summed E-state index contributed by atoms with van der Waals surface area (Å²) in [6.45, 7) is 3.95. The lowest BCUT2D eigenvalue weighted by atomic mass is 9.58. The number of benzene rings is 1. The Morgan fingerprint density at radius 2 is 2.14 bits per heavy atom. The van der Waals surface area contributed by atoms with Crippen LogP contribution in [0.1, 0.15) is 56.1 Å². The highest BCUT2D eigenvalue weighted by molar-refractivity contribution is 5.73. The van der Waals surface area contributed by atoms with E-state index < -0.39 is 0 Å². The van der Waals surface area contributed by atoms with Gasteiger partial charge < -0.3 is 0 Å². The van der Waals surface area contributed by atoms with Crippen LogP contribution in [0.25, 0.3) is 5.57 Å². The van der Waals surface area contributed by atoms with E-state index in [9.17, 15) is 0 Å². The lowest BCUT2D eigenvalue weighted by Crippen LogP contribution is -2.36. The molecule has 0 N–H and O–H groups in total. The van der Waals surface area contributed by atoms with Crippen LogP contribution >= 0.6 is 0 Å². The SMILES string of the molecule is C=CCC[C@]12CC=C3c4ccccc4CC[C@H]3[C@@H]1CCC2. The summed E-state index contributed by atoms with van der Waals surface area (Å²) in [5, 5.41) is 0. The Morgan fingerprint density at radius 3 is 3.05 bits per heavy atom. The molecule has 1 saturated carbocycles. The molecule has 0 radical (unpaired) electrons. The van der Waals surface area contributed by atoms with Gasteiger partial charge in [-0.2, -0.15) is 0 Å². The van der Waals surface area contributed by atoms with E-state index in [1.165, 1.54) is 51.4 Å². The first kappa shape index (κ1) is 13.4. The maximum atomic E-state index is 3.95. The van der Waals surface area contributed by atoms with Crippen LogP contribution in [0, 0.1) is 17.3 Å². The van der Waals surface area contributed by atoms with Gasteiger partial charge >= 0.3 is 0 Å². The van der Waals surface area contributed by atoms with Crippen molar-refractivity contribution in [1.82, 2.24) is 0 Å². The molecule has 3 aliphatic rings. The zero-order chi connectivity index (χ0) is 14.3. The molecule has 1 aromatic rings. The monoisotopic (exact) mass is 278 g/mol. The maximum Gasteiger partial charge on any atom is -0.0122 e. The third kappa shape index (κ3) is 2.03. The normalized spacial score (nSPS) is 33.6. The lowest BCUT2D eigenvalue weighted by molar-refractivity contribution is 0.133. The summed E-state index contributed by atoms with van der Waals surface area (Å²) >= 11 is 0. The molecule has 0 unspecified atom stereocenters. The topological polar surface area (TPSA) is 0 Å². The molecule has 0 aromatic heterocycles. The predicted octanol–water partition coefficient (Wildman–Crippen LogP) is 5.79. The van der Waals surface area contributed by atoms with Crippen LogP contribution in [0.4, 0.5) is 0 Å². The molecule has 0 amide bonds. The van der Waals surface area contributed by atoms with Crippen LogP contribution in [0.5, 0.6) is 0 Å². The quantitative estimate of drug-likeness (QED) is 0.614. The van der Waals surface area contributed by atoms with Crippen LogP contribution in [0.15, 0.2) is 43.0 Å². The molecule has 0 nitrogen and oxygen atoms in total. The first-order chi connectivity index (χ1) is 10.3. The van der Waals surface area contributed by atoms with Crippen molar-refractivity contribution in [2.45, 2.75) is 51.4 Å². The summed E-state index contributed by atoms with van der Waals surface area (Å²) in [4.78, 5) is 0. The fraction of sp³-hybridized carbons (Fsp3) is 0.524. The van der Waals surface area contributed by atoms with Gasteiger partial charge in [0.2, 0.25) is 0 Å². The molecule has 0 heteroatoms. The average Bonchev–Trinajstić information content (AvgIpc) is 2.97. The molecule has 0 saturated heterocycles. The molecule has 1 aromatic carbocycles. The van der Waals surface area contributed by atoms with Crippen molar-refractivity contribution in [2.24, 2.45) is 17.3 Å². The summed E-state index contributed by atoms with van der Waals surface area (Å²) in [5.41, 5.74) is 5.45. The number of hydrogen-bond donors (Lipinski definition) is 0. The van der Waals surface area contributed by atoms with Crippen LogP contribution < -0.4 is 0 Å². The van der Waals surface area contributed by atoms with Gasteiger partial charge in [0.05, 0.1) is 0 Å². The Kier molecular flexibility index (Phi) is 3.28. The zero-order valence-corrected chi connectivity index (χ0v) is 13.0. The Morgan fingerprint density at radius 1 is 1.24 bits per heavy atom. The van der Waals surface area contributed by atoms with E-state index >= 15 is 0 Å². The molecule has 110 valence electrons. The average molecular weight is 278 g/mol. The molecule has 0 bridgehead atoms. The molecule has 21 heavy (non-hydrogen) atoms. The van der Waals surface area contributed by atoms with Gasteiger partial charge in [0, 0.05) is 0 Å². The van der Waals surface area contributed by atoms with Crippen molar-refractivity contribution in [3.63, 3.8) is 0 Å². The van der Waals surface area contributed by atoms with E-state index in [1.54, 1.807) is 16.7 Å². The van der Waals surface area contributed by atoms with Gasteiger partial charge in [0.15, 0.2) is 0 Å². The van der Waals surface area contributed by atoms with Crippen molar-refractivity contribution in [2.75, 3.05) is 0 Å². The molecule has 0 spiro atoms. The Bertz CT molecular complexity index is 579. The molecule has 4 rings (SSSR count). The molecule has 0 heterocycles. The summed E-state index contributed by atoms with van der Waals surface area (Å²) in [7, 11) is 0. The standard InChI is InChI=1S/C21H26/c1-2-3-13-21-14-6-9-20(21)19-11-10-16-7-4-5-8-17(16)18(19)12-15-21/h2,4-5,7-8,12,19-20H,1,3,6,9-11,13-15H2/t19-,20+,21+/m1/s1. The highest BCUT2D eigenvalue weighted by Gasteiger charge is 2.49. The van der Waals surface area contributed by atoms with Gasteiger partial charge in [-0.3, -0.25) is 0 Å². The molecule has 3 aliphatic carbocycles. The molecular weight excluding hydrogens is 252 g/mol. The minimum absolute atomic E-state index is 0.606. The van der Waals surface area contributed by atoms with E-state index in [0.717, 1.165) is 11.8 Å². The summed E-state index contributed by atoms with van der Waals surface area (Å²) in [6, 6.07) is 9.11. The van der Waals surface area contributed by atoms with Crippen LogP contribution in [-0.2, 0) is 6.42 Å². The molecular formula is C21H26. The minimum atomic E-state index is 0.606. The van der Waals surface area contributed by atoms with Crippen molar-refractivity contribution in [3.8, 4) is 0 Å². The van der Waals surface area contributed by atoms with E-state index in [0.29, 0.717) is 5.41 Å². The Balaban J connectivity index is 1.72. The van der Waals surface area contributed by atoms with Crippen molar-refractivity contribution in [1.29, 1.82) is 0 Å². The van der Waals surface area contributed by atoms with Crippen molar-refractivity contribution >= 4 is 5.57 Å². The Hall–Kier alpha value is -1.30. The van der Waals surface area contributed by atoms with E-state index in [1.807, 2.05) is 0 Å². The second kappa shape index (κ2) is 5.16. The summed E-state index contributed by atoms with van der Waals surface area (Å²) in [6.07, 6.45) is 15.6. The van der Waals surface area contributed by atoms with Crippen LogP contribution in [0.3, 0.4) is 0 Å². The van der Waals surface area contributed by atoms with E-state index in [4.69, 9.17) is 0 Å². The van der Waals surface area contributed by atoms with Gasteiger partial charge in [0.25, 0.3) is 0 Å². The number of rotatable bonds is 3. The largest absolute Gasteiger partial charge is 0.103 e.